The first-order valence-electron chi connectivity index (χ1n) is 6.81. The SMILES string of the molecule is O=C(Cn1c(=O)[nH]c2ccccc21)NCC(O)c1ccco1. The maximum Gasteiger partial charge on any atom is 0.326 e. The summed E-state index contributed by atoms with van der Waals surface area (Å²) in [5.41, 5.74) is 0.994. The minimum absolute atomic E-state index is 0.0173. The number of aromatic amines is 1. The number of aliphatic hydroxyl groups is 1. The molecule has 1 atom stereocenters. The van der Waals surface area contributed by atoms with Gasteiger partial charge in [-0.3, -0.25) is 9.36 Å². The summed E-state index contributed by atoms with van der Waals surface area (Å²) in [7, 11) is 0. The number of carbonyl (C=O) groups is 1. The highest BCUT2D eigenvalue weighted by atomic mass is 16.4. The monoisotopic (exact) mass is 301 g/mol. The molecule has 0 bridgehead atoms. The van der Waals surface area contributed by atoms with Gasteiger partial charge in [-0.1, -0.05) is 12.1 Å². The first kappa shape index (κ1) is 14.2. The second-order valence-corrected chi connectivity index (χ2v) is 4.87. The molecule has 7 nitrogen and oxygen atoms in total. The van der Waals surface area contributed by atoms with E-state index >= 15 is 0 Å². The minimum Gasteiger partial charge on any atom is -0.467 e. The molecule has 2 heterocycles. The van der Waals surface area contributed by atoms with Crippen LogP contribution in [0.1, 0.15) is 11.9 Å². The predicted molar refractivity (Wildman–Crippen MR) is 79.2 cm³/mol. The molecular formula is C15H15N3O4. The van der Waals surface area contributed by atoms with Gasteiger partial charge in [-0.25, -0.2) is 4.79 Å². The van der Waals surface area contributed by atoms with Crippen LogP contribution >= 0.6 is 0 Å². The van der Waals surface area contributed by atoms with Crippen LogP contribution in [-0.4, -0.2) is 27.1 Å². The number of aliphatic hydroxyl groups excluding tert-OH is 1. The van der Waals surface area contributed by atoms with Gasteiger partial charge in [0, 0.05) is 0 Å². The molecule has 0 radical (unpaired) electrons. The number of fused-ring (bicyclic) bond motifs is 1. The van der Waals surface area contributed by atoms with Crippen molar-refractivity contribution in [2.75, 3.05) is 6.54 Å². The zero-order valence-electron chi connectivity index (χ0n) is 11.7. The molecule has 0 aliphatic rings. The Morgan fingerprint density at radius 2 is 2.14 bits per heavy atom. The van der Waals surface area contributed by atoms with Crippen molar-refractivity contribution in [2.24, 2.45) is 0 Å². The summed E-state index contributed by atoms with van der Waals surface area (Å²) < 4.78 is 6.40. The van der Waals surface area contributed by atoms with Gasteiger partial charge in [0.05, 0.1) is 23.8 Å². The van der Waals surface area contributed by atoms with Crippen LogP contribution in [0, 0.1) is 0 Å². The molecule has 0 saturated heterocycles. The average Bonchev–Trinajstić information content (AvgIpc) is 3.14. The topological polar surface area (TPSA) is 100 Å². The van der Waals surface area contributed by atoms with E-state index in [2.05, 4.69) is 10.3 Å². The molecule has 1 unspecified atom stereocenters. The number of nitrogens with one attached hydrogen (secondary N) is 2. The Labute approximate surface area is 125 Å². The number of hydrogen-bond acceptors (Lipinski definition) is 4. The third kappa shape index (κ3) is 2.79. The second-order valence-electron chi connectivity index (χ2n) is 4.87. The van der Waals surface area contributed by atoms with Gasteiger partial charge < -0.3 is 19.8 Å². The zero-order chi connectivity index (χ0) is 15.5. The number of imidazole rings is 1. The Balaban J connectivity index is 1.66. The van der Waals surface area contributed by atoms with E-state index in [9.17, 15) is 14.7 Å². The molecule has 0 aliphatic heterocycles. The fraction of sp³-hybridized carbons (Fsp3) is 0.200. The van der Waals surface area contributed by atoms with Crippen LogP contribution in [-0.2, 0) is 11.3 Å². The molecular weight excluding hydrogens is 286 g/mol. The molecule has 0 saturated carbocycles. The number of aromatic nitrogens is 2. The minimum atomic E-state index is -0.918. The highest BCUT2D eigenvalue weighted by Gasteiger charge is 2.14. The van der Waals surface area contributed by atoms with Crippen LogP contribution in [0.2, 0.25) is 0 Å². The molecule has 22 heavy (non-hydrogen) atoms. The van der Waals surface area contributed by atoms with E-state index in [4.69, 9.17) is 4.42 Å². The summed E-state index contributed by atoms with van der Waals surface area (Å²) >= 11 is 0. The fourth-order valence-corrected chi connectivity index (χ4v) is 2.26. The Hall–Kier alpha value is -2.80. The molecule has 2 aromatic heterocycles. The van der Waals surface area contributed by atoms with Crippen molar-refractivity contribution in [1.82, 2.24) is 14.9 Å². The Morgan fingerprint density at radius 1 is 1.32 bits per heavy atom. The van der Waals surface area contributed by atoms with Crippen LogP contribution in [0.25, 0.3) is 11.0 Å². The number of benzene rings is 1. The van der Waals surface area contributed by atoms with E-state index in [-0.39, 0.29) is 24.7 Å². The summed E-state index contributed by atoms with van der Waals surface area (Å²) in [5.74, 6) is 0.0158. The van der Waals surface area contributed by atoms with Crippen LogP contribution in [0.4, 0.5) is 0 Å². The van der Waals surface area contributed by atoms with E-state index in [1.807, 2.05) is 6.07 Å². The van der Waals surface area contributed by atoms with Gasteiger partial charge in [0.25, 0.3) is 0 Å². The summed E-state index contributed by atoms with van der Waals surface area (Å²) in [6.45, 7) is -0.100. The molecule has 7 heteroatoms. The zero-order valence-corrected chi connectivity index (χ0v) is 11.7. The van der Waals surface area contributed by atoms with Crippen LogP contribution < -0.4 is 11.0 Å². The molecule has 3 N–H and O–H groups in total. The third-order valence-electron chi connectivity index (χ3n) is 3.35. The van der Waals surface area contributed by atoms with Crippen LogP contribution in [0.3, 0.4) is 0 Å². The summed E-state index contributed by atoms with van der Waals surface area (Å²) in [5, 5.41) is 12.4. The molecule has 1 aromatic carbocycles. The molecule has 0 aliphatic carbocycles. The largest absolute Gasteiger partial charge is 0.467 e. The number of carbonyl (C=O) groups excluding carboxylic acids is 1. The number of rotatable bonds is 5. The lowest BCUT2D eigenvalue weighted by atomic mass is 10.2. The van der Waals surface area contributed by atoms with Crippen molar-refractivity contribution < 1.29 is 14.3 Å². The van der Waals surface area contributed by atoms with Gasteiger partial charge in [0.1, 0.15) is 18.4 Å². The fourth-order valence-electron chi connectivity index (χ4n) is 2.26. The third-order valence-corrected chi connectivity index (χ3v) is 3.35. The molecule has 0 fully saturated rings. The number of furan rings is 1. The first-order chi connectivity index (χ1) is 10.6. The molecule has 0 spiro atoms. The van der Waals surface area contributed by atoms with Gasteiger partial charge in [-0.15, -0.1) is 0 Å². The van der Waals surface area contributed by atoms with Gasteiger partial charge in [-0.05, 0) is 24.3 Å². The maximum atomic E-state index is 12.0. The standard InChI is InChI=1S/C15H15N3O4/c19-12(13-6-3-7-22-13)8-16-14(20)9-18-11-5-2-1-4-10(11)17-15(18)21/h1-7,12,19H,8-9H2,(H,16,20)(H,17,21). The van der Waals surface area contributed by atoms with Crippen molar-refractivity contribution in [2.45, 2.75) is 12.6 Å². The van der Waals surface area contributed by atoms with Crippen LogP contribution in [0.15, 0.2) is 51.9 Å². The van der Waals surface area contributed by atoms with Gasteiger partial charge in [0.15, 0.2) is 0 Å². The average molecular weight is 301 g/mol. The van der Waals surface area contributed by atoms with Crippen molar-refractivity contribution in [3.05, 3.63) is 58.9 Å². The van der Waals surface area contributed by atoms with E-state index in [1.54, 1.807) is 30.3 Å². The normalized spacial score (nSPS) is 12.4. The lowest BCUT2D eigenvalue weighted by Gasteiger charge is -2.10. The van der Waals surface area contributed by atoms with Crippen molar-refractivity contribution in [3.63, 3.8) is 0 Å². The number of hydrogen-bond donors (Lipinski definition) is 3. The predicted octanol–water partition coefficient (Wildman–Crippen LogP) is 0.772. The number of amides is 1. The second kappa shape index (κ2) is 5.90. The molecule has 1 amide bonds. The maximum absolute atomic E-state index is 12.0. The highest BCUT2D eigenvalue weighted by Crippen LogP contribution is 2.12. The summed E-state index contributed by atoms with van der Waals surface area (Å²) in [6, 6.07) is 10.4. The summed E-state index contributed by atoms with van der Waals surface area (Å²) in [6.07, 6.45) is 0.532. The van der Waals surface area contributed by atoms with E-state index in [0.29, 0.717) is 16.8 Å². The first-order valence-corrected chi connectivity index (χ1v) is 6.81. The Kier molecular flexibility index (Phi) is 3.80. The van der Waals surface area contributed by atoms with Crippen molar-refractivity contribution >= 4 is 16.9 Å². The molecule has 3 aromatic rings. The van der Waals surface area contributed by atoms with Crippen molar-refractivity contribution in [3.8, 4) is 0 Å². The summed E-state index contributed by atoms with van der Waals surface area (Å²) in [4.78, 5) is 26.5. The van der Waals surface area contributed by atoms with E-state index < -0.39 is 6.10 Å². The molecule has 114 valence electrons. The lowest BCUT2D eigenvalue weighted by Crippen LogP contribution is -2.33. The lowest BCUT2D eigenvalue weighted by molar-refractivity contribution is -0.122. The number of H-pyrrole nitrogens is 1. The van der Waals surface area contributed by atoms with E-state index in [1.165, 1.54) is 10.8 Å². The Bertz CT molecular complexity index is 832. The quantitative estimate of drug-likeness (QED) is 0.648. The van der Waals surface area contributed by atoms with Gasteiger partial charge in [0.2, 0.25) is 5.91 Å². The van der Waals surface area contributed by atoms with E-state index in [0.717, 1.165) is 0 Å². The molecule has 3 rings (SSSR count). The highest BCUT2D eigenvalue weighted by molar-refractivity contribution is 5.80. The number of nitrogens with zero attached hydrogens (tertiary/aromatic N) is 1. The van der Waals surface area contributed by atoms with Gasteiger partial charge >= 0.3 is 5.69 Å². The van der Waals surface area contributed by atoms with Gasteiger partial charge in [-0.2, -0.15) is 0 Å². The van der Waals surface area contributed by atoms with Crippen LogP contribution in [0.5, 0.6) is 0 Å². The number of para-hydroxylation sites is 2. The smallest absolute Gasteiger partial charge is 0.326 e. The Morgan fingerprint density at radius 3 is 2.91 bits per heavy atom. The van der Waals surface area contributed by atoms with Crippen molar-refractivity contribution in [1.29, 1.82) is 0 Å².